The van der Waals surface area contributed by atoms with E-state index in [2.05, 4.69) is 10.5 Å². The van der Waals surface area contributed by atoms with Gasteiger partial charge in [0, 0.05) is 13.5 Å². The van der Waals surface area contributed by atoms with Crippen molar-refractivity contribution in [2.45, 2.75) is 57.3 Å². The molecule has 0 aromatic heterocycles. The number of nitrogens with zero attached hydrogens (tertiary/aromatic N) is 2. The fraction of sp³-hybridized carbons (Fsp3) is 0.423. The molecule has 2 N–H and O–H groups in total. The van der Waals surface area contributed by atoms with Crippen molar-refractivity contribution in [2.24, 2.45) is 5.16 Å². The predicted molar refractivity (Wildman–Crippen MR) is 134 cm³/mol. The van der Waals surface area contributed by atoms with Gasteiger partial charge in [-0.3, -0.25) is 10.1 Å². The van der Waals surface area contributed by atoms with Crippen molar-refractivity contribution < 1.29 is 33.1 Å². The van der Waals surface area contributed by atoms with Crippen LogP contribution in [0, 0.1) is 11.6 Å². The second-order valence-corrected chi connectivity index (χ2v) is 9.88. The van der Waals surface area contributed by atoms with Crippen LogP contribution in [0.2, 0.25) is 5.02 Å². The highest BCUT2D eigenvalue weighted by molar-refractivity contribution is 6.31. The highest BCUT2D eigenvalue weighted by Gasteiger charge is 2.29. The molecule has 0 fully saturated rings. The monoisotopic (exact) mass is 537 g/mol. The quantitative estimate of drug-likeness (QED) is 0.481. The van der Waals surface area contributed by atoms with E-state index in [0.29, 0.717) is 11.1 Å². The molecule has 0 bridgehead atoms. The summed E-state index contributed by atoms with van der Waals surface area (Å²) >= 11 is 5.98. The Labute approximate surface area is 219 Å². The van der Waals surface area contributed by atoms with Crippen LogP contribution in [0.5, 0.6) is 0 Å². The molecule has 2 aromatic rings. The lowest BCUT2D eigenvalue weighted by Gasteiger charge is -2.32. The lowest BCUT2D eigenvalue weighted by atomic mass is 9.98. The Bertz CT molecular complexity index is 1160. The lowest BCUT2D eigenvalue weighted by Crippen LogP contribution is -2.45. The number of likely N-dealkylation sites (N-methyl/N-ethyl adjacent to an activating group) is 1. The summed E-state index contributed by atoms with van der Waals surface area (Å²) in [6.07, 6.45) is -0.728. The summed E-state index contributed by atoms with van der Waals surface area (Å²) in [5.74, 6) is -1.03. The molecule has 0 radical (unpaired) electrons. The van der Waals surface area contributed by atoms with Gasteiger partial charge in [-0.1, -0.05) is 41.0 Å². The van der Waals surface area contributed by atoms with Gasteiger partial charge in [-0.25, -0.2) is 13.6 Å². The summed E-state index contributed by atoms with van der Waals surface area (Å²) in [6.45, 7) is 2.98. The van der Waals surface area contributed by atoms with Crippen LogP contribution in [0.1, 0.15) is 50.3 Å². The fourth-order valence-corrected chi connectivity index (χ4v) is 4.13. The minimum Gasteiger partial charge on any atom is -0.447 e. The van der Waals surface area contributed by atoms with Crippen LogP contribution >= 0.6 is 11.6 Å². The van der Waals surface area contributed by atoms with E-state index in [1.54, 1.807) is 39.1 Å². The van der Waals surface area contributed by atoms with Crippen LogP contribution in [0.4, 0.5) is 13.6 Å². The van der Waals surface area contributed by atoms with E-state index in [4.69, 9.17) is 21.2 Å². The van der Waals surface area contributed by atoms with E-state index < -0.39 is 35.5 Å². The molecule has 1 aliphatic rings. The largest absolute Gasteiger partial charge is 0.447 e. The first-order valence-electron chi connectivity index (χ1n) is 11.8. The molecule has 1 aliphatic heterocycles. The van der Waals surface area contributed by atoms with E-state index in [1.165, 1.54) is 29.2 Å². The number of benzene rings is 2. The number of amides is 2. The topological polar surface area (TPSA) is 100 Å². The number of ether oxygens (including phenoxy) is 1. The molecule has 0 aliphatic carbocycles. The van der Waals surface area contributed by atoms with Gasteiger partial charge in [0.15, 0.2) is 11.9 Å². The van der Waals surface area contributed by atoms with Crippen LogP contribution in [-0.2, 0) is 20.8 Å². The molecule has 37 heavy (non-hydrogen) atoms. The lowest BCUT2D eigenvalue weighted by molar-refractivity contribution is -0.134. The van der Waals surface area contributed by atoms with Crippen molar-refractivity contribution in [3.05, 3.63) is 70.2 Å². The number of carbonyl (C=O) groups excluding carboxylic acids is 2. The van der Waals surface area contributed by atoms with Crippen molar-refractivity contribution in [3.8, 4) is 0 Å². The van der Waals surface area contributed by atoms with Crippen molar-refractivity contribution >= 4 is 29.4 Å². The van der Waals surface area contributed by atoms with Gasteiger partial charge in [-0.2, -0.15) is 0 Å². The van der Waals surface area contributed by atoms with E-state index in [9.17, 15) is 23.5 Å². The van der Waals surface area contributed by atoms with E-state index in [0.717, 1.165) is 0 Å². The number of hydrogen-bond acceptors (Lipinski definition) is 6. The van der Waals surface area contributed by atoms with Gasteiger partial charge in [0.25, 0.3) is 0 Å². The molecule has 8 nitrogen and oxygen atoms in total. The Morgan fingerprint density at radius 2 is 2.03 bits per heavy atom. The Kier molecular flexibility index (Phi) is 9.45. The van der Waals surface area contributed by atoms with E-state index in [-0.39, 0.29) is 49.1 Å². The highest BCUT2D eigenvalue weighted by atomic mass is 35.5. The minimum atomic E-state index is -1.15. The Hall–Kier alpha value is -3.24. The average Bonchev–Trinajstić information content (AvgIpc) is 3.29. The number of amidine groups is 1. The second kappa shape index (κ2) is 12.3. The van der Waals surface area contributed by atoms with Gasteiger partial charge in [-0.15, -0.1) is 0 Å². The molecule has 0 spiro atoms. The van der Waals surface area contributed by atoms with Gasteiger partial charge in [0.05, 0.1) is 23.1 Å². The van der Waals surface area contributed by atoms with Crippen LogP contribution in [-0.4, -0.2) is 53.1 Å². The normalized spacial score (nSPS) is 16.0. The molecule has 2 amide bonds. The smallest absolute Gasteiger partial charge is 0.412 e. The first-order chi connectivity index (χ1) is 17.4. The Morgan fingerprint density at radius 3 is 2.73 bits per heavy atom. The standard InChI is InChI=1S/C26H30ClF2N3O5/c1-26(2,35)14-19(32(3)23(33)11-10-16-6-5-9-20(29)24(16)27)15-36-25(34)30-22-13-21(37-31-22)17-7-4-8-18(28)12-17/h4-9,12,19,21,35H,10-11,13-15H2,1-3H3,(H,30,31,34)/t19-,21?/m0/s1. The maximum atomic E-state index is 13.7. The summed E-state index contributed by atoms with van der Waals surface area (Å²) in [6, 6.07) is 9.68. The van der Waals surface area contributed by atoms with Crippen LogP contribution < -0.4 is 5.32 Å². The number of oxime groups is 1. The number of alkyl carbamates (subject to hydrolysis) is 1. The van der Waals surface area contributed by atoms with Crippen molar-refractivity contribution in [2.75, 3.05) is 13.7 Å². The van der Waals surface area contributed by atoms with Crippen LogP contribution in [0.15, 0.2) is 47.6 Å². The van der Waals surface area contributed by atoms with Crippen LogP contribution in [0.3, 0.4) is 0 Å². The summed E-state index contributed by atoms with van der Waals surface area (Å²) < 4.78 is 32.5. The predicted octanol–water partition coefficient (Wildman–Crippen LogP) is 4.74. The summed E-state index contributed by atoms with van der Waals surface area (Å²) in [5.41, 5.74) is -0.0556. The number of hydrogen-bond donors (Lipinski definition) is 2. The third-order valence-corrected chi connectivity index (χ3v) is 6.28. The fourth-order valence-electron chi connectivity index (χ4n) is 3.91. The molecule has 3 rings (SSSR count). The highest BCUT2D eigenvalue weighted by Crippen LogP contribution is 2.27. The van der Waals surface area contributed by atoms with Crippen molar-refractivity contribution in [1.29, 1.82) is 0 Å². The van der Waals surface area contributed by atoms with Crippen LogP contribution in [0.25, 0.3) is 0 Å². The number of nitrogens with one attached hydrogen (secondary N) is 1. The number of aliphatic hydroxyl groups is 1. The van der Waals surface area contributed by atoms with Gasteiger partial charge in [0.1, 0.15) is 18.2 Å². The molecular formula is C26H30ClF2N3O5. The molecule has 200 valence electrons. The summed E-state index contributed by atoms with van der Waals surface area (Å²) in [5, 5.41) is 16.6. The SMILES string of the molecule is CN(C(=O)CCc1cccc(F)c1Cl)[C@H](COC(=O)NC1=NOC(c2cccc(F)c2)C1)CC(C)(C)O. The molecule has 2 aromatic carbocycles. The molecule has 0 saturated heterocycles. The minimum absolute atomic E-state index is 0.0237. The zero-order valence-corrected chi connectivity index (χ0v) is 21.6. The van der Waals surface area contributed by atoms with Gasteiger partial charge >= 0.3 is 6.09 Å². The summed E-state index contributed by atoms with van der Waals surface area (Å²) in [7, 11) is 1.55. The zero-order valence-electron chi connectivity index (χ0n) is 20.8. The number of rotatable bonds is 9. The molecule has 1 heterocycles. The third-order valence-electron chi connectivity index (χ3n) is 5.86. The number of halogens is 3. The maximum Gasteiger partial charge on any atom is 0.412 e. The second-order valence-electron chi connectivity index (χ2n) is 9.50. The first-order valence-corrected chi connectivity index (χ1v) is 12.1. The molecule has 11 heteroatoms. The summed E-state index contributed by atoms with van der Waals surface area (Å²) in [4.78, 5) is 31.9. The van der Waals surface area contributed by atoms with Crippen molar-refractivity contribution in [1.82, 2.24) is 10.2 Å². The van der Waals surface area contributed by atoms with Gasteiger partial charge in [0.2, 0.25) is 5.91 Å². The third kappa shape index (κ3) is 8.40. The van der Waals surface area contributed by atoms with Gasteiger partial charge < -0.3 is 19.6 Å². The average molecular weight is 538 g/mol. The van der Waals surface area contributed by atoms with Gasteiger partial charge in [-0.05, 0) is 56.0 Å². The number of aryl methyl sites for hydroxylation is 1. The molecule has 1 unspecified atom stereocenters. The molecular weight excluding hydrogens is 508 g/mol. The van der Waals surface area contributed by atoms with E-state index in [1.807, 2.05) is 0 Å². The number of carbonyl (C=O) groups is 2. The zero-order chi connectivity index (χ0) is 27.2. The Morgan fingerprint density at radius 1 is 1.30 bits per heavy atom. The maximum absolute atomic E-state index is 13.7. The first kappa shape index (κ1) is 28.3. The molecule has 2 atom stereocenters. The van der Waals surface area contributed by atoms with Crippen molar-refractivity contribution in [3.63, 3.8) is 0 Å². The molecule has 0 saturated carbocycles. The Balaban J connectivity index is 1.53. The van der Waals surface area contributed by atoms with E-state index >= 15 is 0 Å².